The Hall–Kier alpha value is -1.63. The first-order valence-electron chi connectivity index (χ1n) is 8.96. The Morgan fingerprint density at radius 3 is 2.31 bits per heavy atom. The lowest BCUT2D eigenvalue weighted by Crippen LogP contribution is -2.52. The van der Waals surface area contributed by atoms with Crippen LogP contribution in [0.15, 0.2) is 30.3 Å². The topological polar surface area (TPSA) is 64.1 Å². The van der Waals surface area contributed by atoms with Crippen LogP contribution in [0.25, 0.3) is 0 Å². The van der Waals surface area contributed by atoms with Crippen molar-refractivity contribution in [2.75, 3.05) is 38.1 Å². The van der Waals surface area contributed by atoms with Crippen molar-refractivity contribution in [2.24, 2.45) is 0 Å². The molecular formula is C19H30ClN3O3. The van der Waals surface area contributed by atoms with Gasteiger partial charge in [-0.05, 0) is 45.9 Å². The van der Waals surface area contributed by atoms with Crippen molar-refractivity contribution in [3.05, 3.63) is 30.3 Å². The third kappa shape index (κ3) is 5.69. The van der Waals surface area contributed by atoms with Gasteiger partial charge in [-0.1, -0.05) is 18.2 Å². The molecule has 1 fully saturated rings. The third-order valence-corrected chi connectivity index (χ3v) is 5.06. The minimum Gasteiger partial charge on any atom is -0.480 e. The molecular weight excluding hydrogens is 354 g/mol. The minimum atomic E-state index is -0.796. The molecule has 1 aliphatic heterocycles. The van der Waals surface area contributed by atoms with Gasteiger partial charge in [-0.2, -0.15) is 0 Å². The second kappa shape index (κ2) is 10.5. The molecule has 0 radical (unpaired) electrons. The number of benzene rings is 1. The predicted molar refractivity (Wildman–Crippen MR) is 106 cm³/mol. The maximum atomic E-state index is 12.9. The van der Waals surface area contributed by atoms with E-state index in [1.54, 1.807) is 0 Å². The van der Waals surface area contributed by atoms with E-state index in [0.29, 0.717) is 6.54 Å². The van der Waals surface area contributed by atoms with Crippen LogP contribution >= 0.6 is 12.4 Å². The average molecular weight is 384 g/mol. The van der Waals surface area contributed by atoms with Crippen molar-refractivity contribution in [1.82, 2.24) is 9.80 Å². The molecule has 1 saturated heterocycles. The molecule has 1 aliphatic rings. The fourth-order valence-corrected chi connectivity index (χ4v) is 3.51. The van der Waals surface area contributed by atoms with Crippen LogP contribution in [-0.4, -0.2) is 72.1 Å². The number of hydrogen-bond donors (Lipinski definition) is 1. The summed E-state index contributed by atoms with van der Waals surface area (Å²) in [7, 11) is 1.86. The van der Waals surface area contributed by atoms with Gasteiger partial charge in [0.15, 0.2) is 0 Å². The molecule has 0 saturated carbocycles. The third-order valence-electron chi connectivity index (χ3n) is 5.06. The van der Waals surface area contributed by atoms with E-state index >= 15 is 0 Å². The Morgan fingerprint density at radius 2 is 1.81 bits per heavy atom. The second-order valence-corrected chi connectivity index (χ2v) is 6.67. The summed E-state index contributed by atoms with van der Waals surface area (Å²) in [6.45, 7) is 6.30. The van der Waals surface area contributed by atoms with Crippen LogP contribution in [0, 0.1) is 0 Å². The summed E-state index contributed by atoms with van der Waals surface area (Å²) in [6, 6.07) is 9.85. The molecule has 0 bridgehead atoms. The van der Waals surface area contributed by atoms with Crippen LogP contribution in [0.2, 0.25) is 0 Å². The molecule has 1 N–H and O–H groups in total. The summed E-state index contributed by atoms with van der Waals surface area (Å²) in [5.74, 6) is -0.680. The number of anilines is 1. The molecule has 1 aromatic rings. The molecule has 1 amide bonds. The minimum absolute atomic E-state index is 0. The smallest absolute Gasteiger partial charge is 0.317 e. The zero-order valence-electron chi connectivity index (χ0n) is 15.8. The van der Waals surface area contributed by atoms with E-state index in [9.17, 15) is 9.59 Å². The summed E-state index contributed by atoms with van der Waals surface area (Å²) in [6.07, 6.45) is 1.78. The number of rotatable bonds is 7. The number of likely N-dealkylation sites (tertiary alicyclic amines) is 1. The molecule has 2 rings (SSSR count). The molecule has 1 aromatic carbocycles. The Kier molecular flexibility index (Phi) is 9.05. The number of nitrogens with zero attached hydrogens (tertiary/aromatic N) is 3. The normalized spacial score (nSPS) is 16.8. The molecule has 0 spiro atoms. The van der Waals surface area contributed by atoms with Gasteiger partial charge in [0.2, 0.25) is 5.91 Å². The number of halogens is 1. The highest BCUT2D eigenvalue weighted by molar-refractivity contribution is 5.96. The molecule has 6 nitrogen and oxygen atoms in total. The maximum absolute atomic E-state index is 12.9. The van der Waals surface area contributed by atoms with Crippen LogP contribution in [-0.2, 0) is 9.59 Å². The Balaban J connectivity index is 0.00000338. The molecule has 7 heteroatoms. The zero-order valence-corrected chi connectivity index (χ0v) is 16.6. The summed E-state index contributed by atoms with van der Waals surface area (Å²) in [5.41, 5.74) is 0.929. The number of carboxylic acid groups (broad SMARTS) is 1. The standard InChI is InChI=1S/C19H29N3O3.ClH/c1-4-22(17-8-6-5-7-9-17)19(25)15(2)21-12-10-16(11-13-21)20(3)14-18(23)24;/h5-9,15-16H,4,10-14H2,1-3H3,(H,23,24);1H. The van der Waals surface area contributed by atoms with Gasteiger partial charge in [0.1, 0.15) is 0 Å². The number of aliphatic carboxylic acids is 1. The van der Waals surface area contributed by atoms with Crippen molar-refractivity contribution in [1.29, 1.82) is 0 Å². The molecule has 0 aliphatic carbocycles. The lowest BCUT2D eigenvalue weighted by atomic mass is 10.0. The van der Waals surface area contributed by atoms with E-state index in [1.807, 2.05) is 61.0 Å². The van der Waals surface area contributed by atoms with Gasteiger partial charge in [-0.25, -0.2) is 0 Å². The van der Waals surface area contributed by atoms with Gasteiger partial charge in [-0.3, -0.25) is 19.4 Å². The van der Waals surface area contributed by atoms with E-state index in [-0.39, 0.29) is 36.9 Å². The molecule has 146 valence electrons. The summed E-state index contributed by atoms with van der Waals surface area (Å²) < 4.78 is 0. The van der Waals surface area contributed by atoms with Crippen molar-refractivity contribution in [2.45, 2.75) is 38.8 Å². The lowest BCUT2D eigenvalue weighted by Gasteiger charge is -2.39. The van der Waals surface area contributed by atoms with Crippen molar-refractivity contribution < 1.29 is 14.7 Å². The highest BCUT2D eigenvalue weighted by atomic mass is 35.5. The number of carbonyl (C=O) groups is 2. The summed E-state index contributed by atoms with van der Waals surface area (Å²) in [4.78, 5) is 29.7. The van der Waals surface area contributed by atoms with Crippen LogP contribution in [0.4, 0.5) is 5.69 Å². The van der Waals surface area contributed by atoms with Gasteiger partial charge < -0.3 is 10.0 Å². The number of piperidine rings is 1. The van der Waals surface area contributed by atoms with E-state index in [0.717, 1.165) is 31.6 Å². The van der Waals surface area contributed by atoms with E-state index < -0.39 is 5.97 Å². The number of amides is 1. The zero-order chi connectivity index (χ0) is 18.4. The molecule has 1 unspecified atom stereocenters. The highest BCUT2D eigenvalue weighted by Crippen LogP contribution is 2.20. The molecule has 1 heterocycles. The van der Waals surface area contributed by atoms with Gasteiger partial charge in [-0.15, -0.1) is 12.4 Å². The number of likely N-dealkylation sites (N-methyl/N-ethyl adjacent to an activating group) is 2. The largest absolute Gasteiger partial charge is 0.480 e. The quantitative estimate of drug-likeness (QED) is 0.782. The number of carbonyl (C=O) groups excluding carboxylic acids is 1. The van der Waals surface area contributed by atoms with E-state index in [4.69, 9.17) is 5.11 Å². The molecule has 26 heavy (non-hydrogen) atoms. The number of hydrogen-bond acceptors (Lipinski definition) is 4. The lowest BCUT2D eigenvalue weighted by molar-refractivity contribution is -0.138. The SMILES string of the molecule is CCN(C(=O)C(C)N1CCC(N(C)CC(=O)O)CC1)c1ccccc1.Cl. The maximum Gasteiger partial charge on any atom is 0.317 e. The van der Waals surface area contributed by atoms with Crippen molar-refractivity contribution in [3.8, 4) is 0 Å². The van der Waals surface area contributed by atoms with Crippen molar-refractivity contribution in [3.63, 3.8) is 0 Å². The van der Waals surface area contributed by atoms with Crippen LogP contribution in [0.1, 0.15) is 26.7 Å². The van der Waals surface area contributed by atoms with Crippen molar-refractivity contribution >= 4 is 30.0 Å². The first-order valence-corrected chi connectivity index (χ1v) is 8.96. The molecule has 0 aromatic heterocycles. The fourth-order valence-electron chi connectivity index (χ4n) is 3.51. The van der Waals surface area contributed by atoms with Gasteiger partial charge in [0, 0.05) is 31.4 Å². The highest BCUT2D eigenvalue weighted by Gasteiger charge is 2.30. The predicted octanol–water partition coefficient (Wildman–Crippen LogP) is 2.33. The van der Waals surface area contributed by atoms with Crippen LogP contribution in [0.3, 0.4) is 0 Å². The first-order chi connectivity index (χ1) is 11.9. The van der Waals surface area contributed by atoms with Crippen LogP contribution < -0.4 is 4.90 Å². The molecule has 1 atom stereocenters. The van der Waals surface area contributed by atoms with Gasteiger partial charge >= 0.3 is 5.97 Å². The Bertz CT molecular complexity index is 577. The first kappa shape index (κ1) is 22.4. The van der Waals surface area contributed by atoms with E-state index in [2.05, 4.69) is 4.90 Å². The summed E-state index contributed by atoms with van der Waals surface area (Å²) >= 11 is 0. The number of carboxylic acids is 1. The number of para-hydroxylation sites is 1. The summed E-state index contributed by atoms with van der Waals surface area (Å²) in [5, 5.41) is 8.92. The van der Waals surface area contributed by atoms with Crippen LogP contribution in [0.5, 0.6) is 0 Å². The average Bonchev–Trinajstić information content (AvgIpc) is 2.62. The fraction of sp³-hybridized carbons (Fsp3) is 0.579. The van der Waals surface area contributed by atoms with Gasteiger partial charge in [0.25, 0.3) is 0 Å². The van der Waals surface area contributed by atoms with Gasteiger partial charge in [0.05, 0.1) is 12.6 Å². The van der Waals surface area contributed by atoms with E-state index in [1.165, 1.54) is 0 Å². The Morgan fingerprint density at radius 1 is 1.23 bits per heavy atom. The Labute approximate surface area is 162 Å². The second-order valence-electron chi connectivity index (χ2n) is 6.67. The monoisotopic (exact) mass is 383 g/mol.